The van der Waals surface area contributed by atoms with E-state index in [1.165, 1.54) is 23.5 Å². The number of carboxylic acid groups (broad SMARTS) is 1. The first-order valence-corrected chi connectivity index (χ1v) is 5.51. The maximum Gasteiger partial charge on any atom is 0.308 e. The van der Waals surface area contributed by atoms with E-state index in [-0.39, 0.29) is 12.2 Å². The lowest BCUT2D eigenvalue weighted by Crippen LogP contribution is -1.96. The minimum absolute atomic E-state index is 0.150. The highest BCUT2D eigenvalue weighted by atomic mass is 32.1. The second-order valence-corrected chi connectivity index (χ2v) is 3.98. The summed E-state index contributed by atoms with van der Waals surface area (Å²) in [5.74, 6) is -0.944. The third-order valence-corrected chi connectivity index (χ3v) is 2.52. The summed E-state index contributed by atoms with van der Waals surface area (Å²) in [5, 5.41) is 10.2. The predicted molar refractivity (Wildman–Crippen MR) is 62.1 cm³/mol. The molecule has 0 radical (unpaired) electrons. The molecule has 0 aliphatic rings. The third-order valence-electron chi connectivity index (χ3n) is 1.64. The van der Waals surface area contributed by atoms with E-state index in [4.69, 9.17) is 5.11 Å². The van der Waals surface area contributed by atoms with Gasteiger partial charge in [-0.1, -0.05) is 24.3 Å². The molecule has 0 aliphatic carbocycles. The Hall–Kier alpha value is -1.68. The lowest BCUT2D eigenvalue weighted by Gasteiger charge is -1.85. The number of thiophene rings is 1. The second-order valence-electron chi connectivity index (χ2n) is 2.95. The normalized spacial score (nSPS) is 9.06. The lowest BCUT2D eigenvalue weighted by molar-refractivity contribution is -0.136. The summed E-state index contributed by atoms with van der Waals surface area (Å²) in [6, 6.07) is 11.6. The van der Waals surface area contributed by atoms with Gasteiger partial charge < -0.3 is 5.11 Å². The molecule has 0 amide bonds. The highest BCUT2D eigenvalue weighted by Gasteiger charge is 1.98. The van der Waals surface area contributed by atoms with Gasteiger partial charge >= 0.3 is 5.97 Å². The van der Waals surface area contributed by atoms with Crippen LogP contribution in [-0.2, 0) is 11.2 Å². The quantitative estimate of drug-likeness (QED) is 0.872. The zero-order chi connectivity index (χ0) is 11.8. The van der Waals surface area contributed by atoms with E-state index in [2.05, 4.69) is 0 Å². The van der Waals surface area contributed by atoms with Crippen LogP contribution >= 0.6 is 11.3 Å². The Balaban J connectivity index is 0.000000165. The third kappa shape index (κ3) is 5.26. The molecule has 1 heterocycles. The molecule has 0 spiro atoms. The number of benzene rings is 1. The number of rotatable bonds is 2. The number of aliphatic carboxylic acids is 1. The molecular formula is C12H11FO2S. The largest absolute Gasteiger partial charge is 0.481 e. The lowest BCUT2D eigenvalue weighted by atomic mass is 10.3. The van der Waals surface area contributed by atoms with Crippen molar-refractivity contribution in [3.05, 3.63) is 58.5 Å². The van der Waals surface area contributed by atoms with Gasteiger partial charge in [0.05, 0.1) is 6.42 Å². The molecular weight excluding hydrogens is 227 g/mol. The first-order valence-electron chi connectivity index (χ1n) is 4.63. The van der Waals surface area contributed by atoms with Crippen molar-refractivity contribution in [2.24, 2.45) is 0 Å². The molecule has 2 aromatic rings. The van der Waals surface area contributed by atoms with Gasteiger partial charge in [0.25, 0.3) is 0 Å². The molecule has 84 valence electrons. The van der Waals surface area contributed by atoms with E-state index in [1.807, 2.05) is 17.5 Å². The average Bonchev–Trinajstić information content (AvgIpc) is 2.71. The molecule has 4 heteroatoms. The molecule has 0 atom stereocenters. The molecule has 0 saturated carbocycles. The van der Waals surface area contributed by atoms with Crippen LogP contribution in [0.5, 0.6) is 0 Å². The number of carboxylic acids is 1. The van der Waals surface area contributed by atoms with Crippen LogP contribution in [0.4, 0.5) is 4.39 Å². The molecule has 1 aromatic heterocycles. The molecule has 16 heavy (non-hydrogen) atoms. The molecule has 0 fully saturated rings. The first kappa shape index (κ1) is 12.4. The van der Waals surface area contributed by atoms with Crippen LogP contribution in [0.15, 0.2) is 47.8 Å². The number of halogens is 1. The van der Waals surface area contributed by atoms with Crippen molar-refractivity contribution in [3.8, 4) is 0 Å². The molecule has 1 aromatic carbocycles. The van der Waals surface area contributed by atoms with E-state index in [9.17, 15) is 9.18 Å². The fraction of sp³-hybridized carbons (Fsp3) is 0.0833. The predicted octanol–water partition coefficient (Wildman–Crippen LogP) is 3.20. The summed E-state index contributed by atoms with van der Waals surface area (Å²) in [7, 11) is 0. The van der Waals surface area contributed by atoms with Crippen LogP contribution in [0.25, 0.3) is 0 Å². The Morgan fingerprint density at radius 1 is 1.19 bits per heavy atom. The average molecular weight is 238 g/mol. The summed E-state index contributed by atoms with van der Waals surface area (Å²) in [6.45, 7) is 0. The summed E-state index contributed by atoms with van der Waals surface area (Å²) >= 11 is 1.47. The van der Waals surface area contributed by atoms with Crippen molar-refractivity contribution in [2.45, 2.75) is 6.42 Å². The Kier molecular flexibility index (Phi) is 5.22. The van der Waals surface area contributed by atoms with Crippen molar-refractivity contribution in [1.82, 2.24) is 0 Å². The van der Waals surface area contributed by atoms with Crippen molar-refractivity contribution in [2.75, 3.05) is 0 Å². The minimum Gasteiger partial charge on any atom is -0.481 e. The number of hydrogen-bond acceptors (Lipinski definition) is 2. The molecule has 2 rings (SSSR count). The van der Waals surface area contributed by atoms with Crippen LogP contribution in [0.3, 0.4) is 0 Å². The monoisotopic (exact) mass is 238 g/mol. The van der Waals surface area contributed by atoms with Gasteiger partial charge in [0.2, 0.25) is 0 Å². The maximum absolute atomic E-state index is 11.9. The van der Waals surface area contributed by atoms with Crippen molar-refractivity contribution in [3.63, 3.8) is 0 Å². The van der Waals surface area contributed by atoms with Crippen LogP contribution in [0, 0.1) is 5.82 Å². The summed E-state index contributed by atoms with van der Waals surface area (Å²) < 4.78 is 11.9. The zero-order valence-electron chi connectivity index (χ0n) is 8.47. The van der Waals surface area contributed by atoms with Gasteiger partial charge in [-0.2, -0.15) is 0 Å². The number of hydrogen-bond donors (Lipinski definition) is 1. The molecule has 0 bridgehead atoms. The fourth-order valence-corrected chi connectivity index (χ4v) is 1.67. The molecule has 2 nitrogen and oxygen atoms in total. The molecule has 0 unspecified atom stereocenters. The highest BCUT2D eigenvalue weighted by molar-refractivity contribution is 7.10. The van der Waals surface area contributed by atoms with E-state index in [0.29, 0.717) is 0 Å². The Morgan fingerprint density at radius 2 is 1.88 bits per heavy atom. The zero-order valence-corrected chi connectivity index (χ0v) is 9.28. The van der Waals surface area contributed by atoms with Gasteiger partial charge in [0.1, 0.15) is 5.82 Å². The molecule has 0 saturated heterocycles. The Bertz CT molecular complexity index is 412. The van der Waals surface area contributed by atoms with Crippen molar-refractivity contribution in [1.29, 1.82) is 0 Å². The van der Waals surface area contributed by atoms with E-state index < -0.39 is 5.97 Å². The van der Waals surface area contributed by atoms with Crippen molar-refractivity contribution < 1.29 is 14.3 Å². The number of carbonyl (C=O) groups is 1. The van der Waals surface area contributed by atoms with Gasteiger partial charge in [-0.15, -0.1) is 11.3 Å². The van der Waals surface area contributed by atoms with E-state index in [1.54, 1.807) is 18.2 Å². The second kappa shape index (κ2) is 6.74. The van der Waals surface area contributed by atoms with Crippen LogP contribution < -0.4 is 0 Å². The van der Waals surface area contributed by atoms with Crippen LogP contribution in [0.1, 0.15) is 4.88 Å². The standard InChI is InChI=1S/C6H5F.C6H6O2S/c7-6-4-2-1-3-5-6;7-6(8)4-5-2-1-3-9-5/h1-5H;1-3H,4H2,(H,7,8). The SMILES string of the molecule is Fc1ccccc1.O=C(O)Cc1cccs1. The minimum atomic E-state index is -0.766. The van der Waals surface area contributed by atoms with Gasteiger partial charge in [0.15, 0.2) is 0 Å². The van der Waals surface area contributed by atoms with Crippen molar-refractivity contribution >= 4 is 17.3 Å². The molecule has 1 N–H and O–H groups in total. The van der Waals surface area contributed by atoms with Gasteiger partial charge in [-0.3, -0.25) is 4.79 Å². The topological polar surface area (TPSA) is 37.3 Å². The summed E-state index contributed by atoms with van der Waals surface area (Å²) in [5.41, 5.74) is 0. The van der Waals surface area contributed by atoms with E-state index in [0.717, 1.165) is 4.88 Å². The Labute approximate surface area is 97.0 Å². The fourth-order valence-electron chi connectivity index (χ4n) is 0.977. The smallest absolute Gasteiger partial charge is 0.308 e. The van der Waals surface area contributed by atoms with Gasteiger partial charge in [-0.05, 0) is 23.6 Å². The Morgan fingerprint density at radius 3 is 2.25 bits per heavy atom. The maximum atomic E-state index is 11.9. The van der Waals surface area contributed by atoms with Gasteiger partial charge in [0, 0.05) is 4.88 Å². The summed E-state index contributed by atoms with van der Waals surface area (Å²) in [6.07, 6.45) is 0.150. The van der Waals surface area contributed by atoms with Crippen LogP contribution in [0.2, 0.25) is 0 Å². The highest BCUT2D eigenvalue weighted by Crippen LogP contribution is 2.08. The molecule has 0 aliphatic heterocycles. The summed E-state index contributed by atoms with van der Waals surface area (Å²) in [4.78, 5) is 11.0. The first-order chi connectivity index (χ1) is 7.68. The van der Waals surface area contributed by atoms with Gasteiger partial charge in [-0.25, -0.2) is 4.39 Å². The van der Waals surface area contributed by atoms with Crippen LogP contribution in [-0.4, -0.2) is 11.1 Å². The van der Waals surface area contributed by atoms with E-state index >= 15 is 0 Å².